The van der Waals surface area contributed by atoms with Gasteiger partial charge in [-0.15, -0.1) is 0 Å². The highest BCUT2D eigenvalue weighted by molar-refractivity contribution is 6.54. The number of esters is 1. The van der Waals surface area contributed by atoms with Crippen molar-refractivity contribution in [3.05, 3.63) is 108 Å². The Hall–Kier alpha value is -4.19. The Kier molecular flexibility index (Phi) is 5.49. The highest BCUT2D eigenvalue weighted by atomic mass is 16.5. The molecule has 1 fully saturated rings. The largest absolute Gasteiger partial charge is 0.484 e. The first-order chi connectivity index (χ1) is 16.6. The fourth-order valence-corrected chi connectivity index (χ4v) is 4.77. The van der Waals surface area contributed by atoms with Crippen LogP contribution in [0.1, 0.15) is 30.6 Å². The van der Waals surface area contributed by atoms with Gasteiger partial charge in [-0.3, -0.25) is 14.5 Å². The number of carbonyl (C=O) groups is 3. The van der Waals surface area contributed by atoms with Gasteiger partial charge in [0.15, 0.2) is 5.54 Å². The lowest BCUT2D eigenvalue weighted by Crippen LogP contribution is -2.56. The number of benzene rings is 3. The fraction of sp³-hybridized carbons (Fsp3) is 0.179. The molecule has 34 heavy (non-hydrogen) atoms. The summed E-state index contributed by atoms with van der Waals surface area (Å²) in [6.45, 7) is 1.81. The summed E-state index contributed by atoms with van der Waals surface area (Å²) in [4.78, 5) is 42.1. The number of amides is 1. The van der Waals surface area contributed by atoms with Crippen LogP contribution in [0.4, 0.5) is 5.69 Å². The van der Waals surface area contributed by atoms with Gasteiger partial charge >= 0.3 is 11.9 Å². The van der Waals surface area contributed by atoms with E-state index >= 15 is 0 Å². The Labute approximate surface area is 197 Å². The molecule has 1 amide bonds. The Morgan fingerprint density at radius 3 is 2.15 bits per heavy atom. The summed E-state index contributed by atoms with van der Waals surface area (Å²) in [6, 6.07) is 27.3. The minimum Gasteiger partial charge on any atom is -0.484 e. The van der Waals surface area contributed by atoms with Crippen molar-refractivity contribution < 1.29 is 23.9 Å². The second kappa shape index (κ2) is 8.63. The van der Waals surface area contributed by atoms with Crippen molar-refractivity contribution in [2.24, 2.45) is 0 Å². The van der Waals surface area contributed by atoms with E-state index in [0.29, 0.717) is 11.3 Å². The molecule has 0 aliphatic carbocycles. The van der Waals surface area contributed by atoms with Gasteiger partial charge in [0, 0.05) is 17.7 Å². The number of nitrogens with zero attached hydrogens (tertiary/aromatic N) is 1. The van der Waals surface area contributed by atoms with E-state index in [9.17, 15) is 14.4 Å². The molecular formula is C28H23NO5. The van der Waals surface area contributed by atoms with Crippen molar-refractivity contribution >= 4 is 29.1 Å². The van der Waals surface area contributed by atoms with Gasteiger partial charge in [0.25, 0.3) is 5.78 Å². The molecule has 1 saturated heterocycles. The number of para-hydroxylation sites is 1. The smallest absolute Gasteiger partial charge is 0.337 e. The molecule has 5 rings (SSSR count). The minimum absolute atomic E-state index is 0.0261. The second-order valence-corrected chi connectivity index (χ2v) is 8.18. The number of carbonyl (C=O) groups excluding carboxylic acids is 3. The average molecular weight is 453 g/mol. The Morgan fingerprint density at radius 2 is 1.53 bits per heavy atom. The summed E-state index contributed by atoms with van der Waals surface area (Å²) in [7, 11) is 0. The highest BCUT2D eigenvalue weighted by Gasteiger charge is 2.65. The van der Waals surface area contributed by atoms with E-state index in [4.69, 9.17) is 9.47 Å². The zero-order chi connectivity index (χ0) is 23.7. The summed E-state index contributed by atoms with van der Waals surface area (Å²) in [5.41, 5.74) is 0.264. The van der Waals surface area contributed by atoms with E-state index in [1.807, 2.05) is 54.6 Å². The molecule has 2 heterocycles. The van der Waals surface area contributed by atoms with Crippen LogP contribution >= 0.6 is 0 Å². The van der Waals surface area contributed by atoms with E-state index in [2.05, 4.69) is 0 Å². The monoisotopic (exact) mass is 453 g/mol. The molecule has 0 spiro atoms. The van der Waals surface area contributed by atoms with Crippen molar-refractivity contribution in [2.75, 3.05) is 11.5 Å². The quantitative estimate of drug-likeness (QED) is 0.421. The fourth-order valence-electron chi connectivity index (χ4n) is 4.77. The van der Waals surface area contributed by atoms with Crippen molar-refractivity contribution in [1.82, 2.24) is 0 Å². The summed E-state index contributed by atoms with van der Waals surface area (Å²) in [5.74, 6) is -1.96. The molecule has 3 aromatic rings. The molecule has 0 unspecified atom stereocenters. The van der Waals surface area contributed by atoms with Gasteiger partial charge < -0.3 is 9.47 Å². The van der Waals surface area contributed by atoms with Gasteiger partial charge in [0.1, 0.15) is 11.9 Å². The molecule has 6 heteroatoms. The minimum atomic E-state index is -1.66. The van der Waals surface area contributed by atoms with Crippen LogP contribution < -0.4 is 4.90 Å². The SMILES string of the molecule is CCOC(=O)[C@@]12C[C@H](c3ccccc3)OC(c3ccccc3)=C1C(=O)C(=O)N2c1ccccc1. The van der Waals surface area contributed by atoms with Crippen LogP contribution in [-0.2, 0) is 23.9 Å². The summed E-state index contributed by atoms with van der Waals surface area (Å²) in [6.07, 6.45) is -0.539. The van der Waals surface area contributed by atoms with Crippen LogP contribution in [0.25, 0.3) is 5.76 Å². The van der Waals surface area contributed by atoms with Crippen molar-refractivity contribution in [3.63, 3.8) is 0 Å². The van der Waals surface area contributed by atoms with E-state index in [-0.39, 0.29) is 24.4 Å². The number of Topliss-reactive ketones (excluding diaryl/α,β-unsaturated/α-hetero) is 1. The number of fused-ring (bicyclic) bond motifs is 1. The summed E-state index contributed by atoms with van der Waals surface area (Å²) in [5, 5.41) is 0. The third kappa shape index (κ3) is 3.30. The van der Waals surface area contributed by atoms with E-state index in [0.717, 1.165) is 5.56 Å². The second-order valence-electron chi connectivity index (χ2n) is 8.18. The normalized spacial score (nSPS) is 21.8. The van der Waals surface area contributed by atoms with E-state index in [1.165, 1.54) is 4.90 Å². The zero-order valence-corrected chi connectivity index (χ0v) is 18.6. The first-order valence-corrected chi connectivity index (χ1v) is 11.2. The number of anilines is 1. The molecule has 0 aromatic heterocycles. The van der Waals surface area contributed by atoms with Crippen molar-refractivity contribution in [3.8, 4) is 0 Å². The molecule has 2 atom stereocenters. The van der Waals surface area contributed by atoms with Crippen molar-refractivity contribution in [1.29, 1.82) is 0 Å². The van der Waals surface area contributed by atoms with Crippen LogP contribution in [0.2, 0.25) is 0 Å². The molecule has 0 radical (unpaired) electrons. The average Bonchev–Trinajstić information content (AvgIpc) is 3.12. The molecule has 0 N–H and O–H groups in total. The first-order valence-electron chi connectivity index (χ1n) is 11.2. The van der Waals surface area contributed by atoms with Crippen LogP contribution in [0.5, 0.6) is 0 Å². The molecule has 6 nitrogen and oxygen atoms in total. The van der Waals surface area contributed by atoms with Gasteiger partial charge in [-0.25, -0.2) is 4.79 Å². The standard InChI is InChI=1S/C28H23NO5/c1-2-33-27(32)28-18-22(19-12-6-3-7-13-19)34-25(20-14-8-4-9-15-20)23(28)24(30)26(31)29(28)21-16-10-5-11-17-21/h3-17,22H,2,18H2,1H3/t22-,28-/m1/s1. The summed E-state index contributed by atoms with van der Waals surface area (Å²) >= 11 is 0. The van der Waals surface area contributed by atoms with Crippen LogP contribution in [0.3, 0.4) is 0 Å². The number of hydrogen-bond acceptors (Lipinski definition) is 5. The maximum atomic E-state index is 13.8. The summed E-state index contributed by atoms with van der Waals surface area (Å²) < 4.78 is 11.9. The number of ketones is 1. The first kappa shape index (κ1) is 21.6. The number of rotatable bonds is 5. The lowest BCUT2D eigenvalue weighted by Gasteiger charge is -2.42. The highest BCUT2D eigenvalue weighted by Crippen LogP contribution is 2.52. The molecular weight excluding hydrogens is 430 g/mol. The zero-order valence-electron chi connectivity index (χ0n) is 18.6. The van der Waals surface area contributed by atoms with E-state index < -0.39 is 29.3 Å². The molecule has 0 saturated carbocycles. The third-order valence-electron chi connectivity index (χ3n) is 6.22. The lowest BCUT2D eigenvalue weighted by molar-refractivity contribution is -0.150. The van der Waals surface area contributed by atoms with Crippen molar-refractivity contribution in [2.45, 2.75) is 25.0 Å². The van der Waals surface area contributed by atoms with E-state index in [1.54, 1.807) is 43.3 Å². The Bertz CT molecular complexity index is 1270. The Balaban J connectivity index is 1.82. The predicted octanol–water partition coefficient (Wildman–Crippen LogP) is 4.48. The van der Waals surface area contributed by atoms with Crippen LogP contribution in [-0.4, -0.2) is 29.8 Å². The van der Waals surface area contributed by atoms with Gasteiger partial charge in [0.2, 0.25) is 0 Å². The lowest BCUT2D eigenvalue weighted by atomic mass is 9.78. The topological polar surface area (TPSA) is 72.9 Å². The molecule has 2 aliphatic rings. The number of ether oxygens (including phenoxy) is 2. The molecule has 3 aromatic carbocycles. The Morgan fingerprint density at radius 1 is 0.941 bits per heavy atom. The van der Waals surface area contributed by atoms with Crippen LogP contribution in [0.15, 0.2) is 96.6 Å². The van der Waals surface area contributed by atoms with Gasteiger partial charge in [-0.1, -0.05) is 78.9 Å². The predicted molar refractivity (Wildman–Crippen MR) is 127 cm³/mol. The van der Waals surface area contributed by atoms with Crippen LogP contribution in [0, 0.1) is 0 Å². The molecule has 170 valence electrons. The third-order valence-corrected chi connectivity index (χ3v) is 6.22. The molecule has 0 bridgehead atoms. The van der Waals surface area contributed by atoms with Gasteiger partial charge in [0.05, 0.1) is 12.2 Å². The number of hydrogen-bond donors (Lipinski definition) is 0. The molecule has 2 aliphatic heterocycles. The van der Waals surface area contributed by atoms with Gasteiger partial charge in [-0.05, 0) is 24.6 Å². The maximum absolute atomic E-state index is 13.8. The maximum Gasteiger partial charge on any atom is 0.337 e. The van der Waals surface area contributed by atoms with Gasteiger partial charge in [-0.2, -0.15) is 0 Å².